The molecule has 0 aromatic heterocycles. The molecule has 3 N–H and O–H groups in total. The van der Waals surface area contributed by atoms with E-state index in [1.54, 1.807) is 6.08 Å². The summed E-state index contributed by atoms with van der Waals surface area (Å²) in [5, 5.41) is 23.0. The van der Waals surface area contributed by atoms with Crippen LogP contribution in [0.2, 0.25) is 0 Å². The zero-order chi connectivity index (χ0) is 44.4. The first kappa shape index (κ1) is 58.8. The van der Waals surface area contributed by atoms with Gasteiger partial charge in [0.25, 0.3) is 0 Å². The predicted octanol–water partition coefficient (Wildman–Crippen LogP) is 15.8. The van der Waals surface area contributed by atoms with Gasteiger partial charge < -0.3 is 20.3 Å². The Kier molecular flexibility index (Phi) is 48.7. The summed E-state index contributed by atoms with van der Waals surface area (Å²) in [5.74, 6) is -0.123. The molecular weight excluding hydrogens is 755 g/mol. The van der Waals surface area contributed by atoms with E-state index in [4.69, 9.17) is 4.74 Å². The molecule has 0 aliphatic rings. The summed E-state index contributed by atoms with van der Waals surface area (Å²) in [4.78, 5) is 24.3. The number of carbonyl (C=O) groups is 2. The molecule has 0 fully saturated rings. The van der Waals surface area contributed by atoms with E-state index >= 15 is 0 Å². The summed E-state index contributed by atoms with van der Waals surface area (Å²) in [6.07, 6.45) is 62.8. The Morgan fingerprint density at radius 3 is 1.31 bits per heavy atom. The van der Waals surface area contributed by atoms with Gasteiger partial charge in [0, 0.05) is 12.8 Å². The van der Waals surface area contributed by atoms with E-state index in [1.165, 1.54) is 186 Å². The first-order valence-electron chi connectivity index (χ1n) is 26.4. The lowest BCUT2D eigenvalue weighted by molar-refractivity contribution is -0.143. The van der Waals surface area contributed by atoms with Crippen LogP contribution < -0.4 is 5.32 Å². The Labute approximate surface area is 378 Å². The van der Waals surface area contributed by atoms with Crippen molar-refractivity contribution in [2.45, 2.75) is 276 Å². The average Bonchev–Trinajstić information content (AvgIpc) is 3.26. The van der Waals surface area contributed by atoms with E-state index in [9.17, 15) is 19.8 Å². The number of nitrogens with one attached hydrogen (secondary N) is 1. The summed E-state index contributed by atoms with van der Waals surface area (Å²) < 4.78 is 5.38. The lowest BCUT2D eigenvalue weighted by Gasteiger charge is -2.20. The summed E-state index contributed by atoms with van der Waals surface area (Å²) in [5.41, 5.74) is 0. The predicted molar refractivity (Wildman–Crippen MR) is 264 cm³/mol. The number of aliphatic hydroxyl groups is 2. The van der Waals surface area contributed by atoms with Crippen molar-refractivity contribution in [2.75, 3.05) is 13.2 Å². The smallest absolute Gasteiger partial charge is 0.305 e. The number of hydrogen-bond donors (Lipinski definition) is 3. The van der Waals surface area contributed by atoms with Crippen LogP contribution >= 0.6 is 0 Å². The van der Waals surface area contributed by atoms with Crippen LogP contribution in [0.15, 0.2) is 48.6 Å². The number of allylic oxidation sites excluding steroid dienone is 6. The van der Waals surface area contributed by atoms with Crippen LogP contribution in [0.25, 0.3) is 0 Å². The molecule has 61 heavy (non-hydrogen) atoms. The molecule has 0 aromatic rings. The summed E-state index contributed by atoms with van der Waals surface area (Å²) in [6.45, 7) is 4.73. The third-order valence-corrected chi connectivity index (χ3v) is 11.8. The third-order valence-electron chi connectivity index (χ3n) is 11.8. The van der Waals surface area contributed by atoms with Crippen LogP contribution in [0.1, 0.15) is 264 Å². The van der Waals surface area contributed by atoms with Gasteiger partial charge in [0.05, 0.1) is 25.4 Å². The fourth-order valence-corrected chi connectivity index (χ4v) is 7.75. The Bertz CT molecular complexity index is 1040. The Hall–Kier alpha value is -2.18. The molecule has 0 radical (unpaired) electrons. The minimum atomic E-state index is -0.847. The Balaban J connectivity index is 3.49. The van der Waals surface area contributed by atoms with Crippen molar-refractivity contribution < 1.29 is 24.5 Å². The van der Waals surface area contributed by atoms with Crippen LogP contribution in [0.3, 0.4) is 0 Å². The quantitative estimate of drug-likeness (QED) is 0.0322. The summed E-state index contributed by atoms with van der Waals surface area (Å²) >= 11 is 0. The molecule has 6 nitrogen and oxygen atoms in total. The summed E-state index contributed by atoms with van der Waals surface area (Å²) in [6, 6.07) is -0.631. The van der Waals surface area contributed by atoms with Crippen LogP contribution in [0, 0.1) is 0 Å². The van der Waals surface area contributed by atoms with Gasteiger partial charge >= 0.3 is 5.97 Å². The van der Waals surface area contributed by atoms with Gasteiger partial charge in [-0.15, -0.1) is 0 Å². The van der Waals surface area contributed by atoms with Gasteiger partial charge in [0.2, 0.25) is 5.91 Å². The number of aliphatic hydroxyl groups excluding tert-OH is 2. The number of amides is 1. The normalized spacial score (nSPS) is 13.0. The molecule has 0 rings (SSSR count). The highest BCUT2D eigenvalue weighted by molar-refractivity contribution is 5.76. The van der Waals surface area contributed by atoms with Crippen molar-refractivity contribution in [1.82, 2.24) is 5.32 Å². The molecule has 0 heterocycles. The molecule has 0 aromatic carbocycles. The van der Waals surface area contributed by atoms with Gasteiger partial charge in [-0.05, 0) is 70.6 Å². The van der Waals surface area contributed by atoms with Crippen LogP contribution in [0.5, 0.6) is 0 Å². The van der Waals surface area contributed by atoms with Crippen molar-refractivity contribution in [3.63, 3.8) is 0 Å². The highest BCUT2D eigenvalue weighted by Gasteiger charge is 2.18. The summed E-state index contributed by atoms with van der Waals surface area (Å²) in [7, 11) is 0. The minimum absolute atomic E-state index is 0.0479. The van der Waals surface area contributed by atoms with E-state index < -0.39 is 12.1 Å². The molecule has 0 saturated heterocycles. The molecule has 1 amide bonds. The van der Waals surface area contributed by atoms with Crippen LogP contribution in [-0.4, -0.2) is 47.4 Å². The maximum absolute atomic E-state index is 12.4. The first-order valence-corrected chi connectivity index (χ1v) is 26.4. The van der Waals surface area contributed by atoms with Crippen molar-refractivity contribution in [3.8, 4) is 0 Å². The lowest BCUT2D eigenvalue weighted by atomic mass is 10.0. The second-order valence-electron chi connectivity index (χ2n) is 17.8. The molecule has 356 valence electrons. The second-order valence-corrected chi connectivity index (χ2v) is 17.8. The molecule has 0 aliphatic heterocycles. The molecule has 6 heteroatoms. The second kappa shape index (κ2) is 50.5. The molecule has 0 saturated carbocycles. The van der Waals surface area contributed by atoms with E-state index in [0.29, 0.717) is 19.4 Å². The molecule has 0 spiro atoms. The van der Waals surface area contributed by atoms with E-state index in [0.717, 1.165) is 51.4 Å². The van der Waals surface area contributed by atoms with Crippen molar-refractivity contribution >= 4 is 11.9 Å². The number of unbranched alkanes of at least 4 members (excludes halogenated alkanes) is 31. The SMILES string of the molecule is CCCC/C=C\CCCCCCCC(=O)OCC/C=C\C/C=C\CCCCCCCCCCCCCCCCC(=O)NC(CO)C(O)/C=C/CCCCCCCCCCCC. The number of hydrogen-bond acceptors (Lipinski definition) is 5. The standard InChI is InChI=1S/C55H101NO5/c1-3-5-7-9-11-13-15-28-31-35-39-43-47-53(58)52(51-57)56-54(59)48-44-40-36-32-29-25-23-21-19-17-16-18-20-22-24-26-30-34-38-42-46-50-61-55(60)49-45-41-37-33-27-14-12-10-8-6-4-2/h10,12,26,30,38,42-43,47,52-53,57-58H,3-9,11,13-25,27-29,31-37,39-41,44-46,48-51H2,1-2H3,(H,56,59)/b12-10-,30-26-,42-38-,47-43+. The van der Waals surface area contributed by atoms with E-state index in [-0.39, 0.29) is 18.5 Å². The topological polar surface area (TPSA) is 95.9 Å². The molecule has 2 unspecified atom stereocenters. The average molecular weight is 856 g/mol. The number of ether oxygens (including phenoxy) is 1. The number of esters is 1. The van der Waals surface area contributed by atoms with Gasteiger partial charge in [0.1, 0.15) is 0 Å². The minimum Gasteiger partial charge on any atom is -0.465 e. The van der Waals surface area contributed by atoms with Crippen LogP contribution in [-0.2, 0) is 14.3 Å². The van der Waals surface area contributed by atoms with Gasteiger partial charge in [0.15, 0.2) is 0 Å². The van der Waals surface area contributed by atoms with Crippen molar-refractivity contribution in [3.05, 3.63) is 48.6 Å². The Morgan fingerprint density at radius 2 is 0.836 bits per heavy atom. The zero-order valence-electron chi connectivity index (χ0n) is 40.4. The van der Waals surface area contributed by atoms with Gasteiger partial charge in [-0.2, -0.15) is 0 Å². The highest BCUT2D eigenvalue weighted by atomic mass is 16.5. The van der Waals surface area contributed by atoms with E-state index in [2.05, 4.69) is 55.6 Å². The number of rotatable bonds is 48. The van der Waals surface area contributed by atoms with E-state index in [1.807, 2.05) is 6.08 Å². The molecule has 0 aliphatic carbocycles. The zero-order valence-corrected chi connectivity index (χ0v) is 40.4. The van der Waals surface area contributed by atoms with Gasteiger partial charge in [-0.1, -0.05) is 229 Å². The highest BCUT2D eigenvalue weighted by Crippen LogP contribution is 2.15. The fourth-order valence-electron chi connectivity index (χ4n) is 7.75. The maximum Gasteiger partial charge on any atom is 0.305 e. The Morgan fingerprint density at radius 1 is 0.459 bits per heavy atom. The lowest BCUT2D eigenvalue weighted by Crippen LogP contribution is -2.45. The van der Waals surface area contributed by atoms with Crippen LogP contribution in [0.4, 0.5) is 0 Å². The fraction of sp³-hybridized carbons (Fsp3) is 0.818. The number of carbonyl (C=O) groups excluding carboxylic acids is 2. The monoisotopic (exact) mass is 856 g/mol. The first-order chi connectivity index (χ1) is 30.0. The van der Waals surface area contributed by atoms with Crippen molar-refractivity contribution in [2.24, 2.45) is 0 Å². The van der Waals surface area contributed by atoms with Gasteiger partial charge in [-0.25, -0.2) is 0 Å². The maximum atomic E-state index is 12.4. The molecular formula is C55H101NO5. The third kappa shape index (κ3) is 47.1. The van der Waals surface area contributed by atoms with Crippen molar-refractivity contribution in [1.29, 1.82) is 0 Å². The largest absolute Gasteiger partial charge is 0.465 e. The molecule has 2 atom stereocenters. The molecule has 0 bridgehead atoms. The van der Waals surface area contributed by atoms with Gasteiger partial charge in [-0.3, -0.25) is 9.59 Å².